The second kappa shape index (κ2) is 6.20. The van der Waals surface area contributed by atoms with Crippen LogP contribution in [0.25, 0.3) is 0 Å². The van der Waals surface area contributed by atoms with E-state index < -0.39 is 11.2 Å². The topological polar surface area (TPSA) is 89.8 Å². The number of hydrogen-bond acceptors (Lipinski definition) is 4. The predicted octanol–water partition coefficient (Wildman–Crippen LogP) is 1.54. The van der Waals surface area contributed by atoms with Crippen LogP contribution in [0.1, 0.15) is 53.1 Å². The summed E-state index contributed by atoms with van der Waals surface area (Å²) in [4.78, 5) is 37.4. The van der Waals surface area contributed by atoms with Crippen LogP contribution >= 0.6 is 0 Å². The Labute approximate surface area is 144 Å². The normalized spacial score (nSPS) is 13.7. The molecule has 130 valence electrons. The molecular formula is C18H20N4O3. The van der Waals surface area contributed by atoms with E-state index in [0.717, 1.165) is 28.8 Å². The van der Waals surface area contributed by atoms with E-state index in [1.54, 1.807) is 13.0 Å². The summed E-state index contributed by atoms with van der Waals surface area (Å²) < 4.78 is 4.26. The average molecular weight is 340 g/mol. The number of aryl methyl sites for hydroxylation is 2. The Morgan fingerprint density at radius 2 is 2.00 bits per heavy atom. The molecule has 0 radical (unpaired) electrons. The van der Waals surface area contributed by atoms with Crippen molar-refractivity contribution in [3.8, 4) is 6.07 Å². The first-order valence-corrected chi connectivity index (χ1v) is 8.35. The van der Waals surface area contributed by atoms with Gasteiger partial charge in [0.25, 0.3) is 5.56 Å². The maximum absolute atomic E-state index is 12.7. The first-order valence-electron chi connectivity index (χ1n) is 8.35. The van der Waals surface area contributed by atoms with Gasteiger partial charge < -0.3 is 4.57 Å². The number of hydrogen-bond donors (Lipinski definition) is 0. The minimum atomic E-state index is -0.721. The summed E-state index contributed by atoms with van der Waals surface area (Å²) in [6, 6.07) is 4.05. The van der Waals surface area contributed by atoms with E-state index in [9.17, 15) is 14.4 Å². The lowest BCUT2D eigenvalue weighted by atomic mass is 10.1. The number of rotatable bonds is 5. The van der Waals surface area contributed by atoms with Gasteiger partial charge in [-0.05, 0) is 39.7 Å². The van der Waals surface area contributed by atoms with Gasteiger partial charge in [-0.15, -0.1) is 0 Å². The van der Waals surface area contributed by atoms with Gasteiger partial charge >= 0.3 is 5.69 Å². The number of nitrogens with zero attached hydrogens (tertiary/aromatic N) is 4. The van der Waals surface area contributed by atoms with Crippen molar-refractivity contribution < 1.29 is 4.79 Å². The number of carbonyl (C=O) groups excluding carboxylic acids is 1. The highest BCUT2D eigenvalue weighted by molar-refractivity contribution is 5.97. The minimum Gasteiger partial charge on any atom is -0.345 e. The molecule has 0 spiro atoms. The maximum Gasteiger partial charge on any atom is 0.331 e. The van der Waals surface area contributed by atoms with Crippen LogP contribution in [0.15, 0.2) is 21.9 Å². The molecule has 25 heavy (non-hydrogen) atoms. The van der Waals surface area contributed by atoms with E-state index in [1.807, 2.05) is 19.9 Å². The van der Waals surface area contributed by atoms with Crippen LogP contribution < -0.4 is 11.2 Å². The molecule has 0 aliphatic heterocycles. The van der Waals surface area contributed by atoms with Crippen molar-refractivity contribution in [3.05, 3.63) is 55.6 Å². The summed E-state index contributed by atoms with van der Waals surface area (Å²) in [6.45, 7) is 5.54. The first kappa shape index (κ1) is 17.0. The van der Waals surface area contributed by atoms with Crippen LogP contribution in [0.4, 0.5) is 0 Å². The molecule has 0 aromatic carbocycles. The molecule has 2 heterocycles. The Balaban J connectivity index is 2.02. The van der Waals surface area contributed by atoms with Gasteiger partial charge in [0.15, 0.2) is 5.78 Å². The van der Waals surface area contributed by atoms with Crippen molar-refractivity contribution in [1.29, 1.82) is 5.26 Å². The molecule has 0 saturated heterocycles. The van der Waals surface area contributed by atoms with Crippen molar-refractivity contribution in [1.82, 2.24) is 13.7 Å². The molecule has 0 unspecified atom stereocenters. The lowest BCUT2D eigenvalue weighted by Crippen LogP contribution is -2.42. The van der Waals surface area contributed by atoms with Crippen molar-refractivity contribution in [3.63, 3.8) is 0 Å². The van der Waals surface area contributed by atoms with Gasteiger partial charge in [-0.25, -0.2) is 4.79 Å². The fraction of sp³-hybridized carbons (Fsp3) is 0.444. The number of ketones is 1. The van der Waals surface area contributed by atoms with E-state index in [0.29, 0.717) is 18.2 Å². The van der Waals surface area contributed by atoms with Crippen molar-refractivity contribution in [2.75, 3.05) is 0 Å². The molecule has 0 atom stereocenters. The van der Waals surface area contributed by atoms with E-state index in [2.05, 4.69) is 4.57 Å². The van der Waals surface area contributed by atoms with Crippen LogP contribution in [0.5, 0.6) is 0 Å². The SMILES string of the molecule is CCn1cc(C#N)c(=O)n(CC(=O)c2cc(C)n(C3CC3)c2C)c1=O. The Morgan fingerprint density at radius 3 is 2.56 bits per heavy atom. The molecular weight excluding hydrogens is 320 g/mol. The van der Waals surface area contributed by atoms with Gasteiger partial charge in [0, 0.05) is 35.7 Å². The zero-order valence-electron chi connectivity index (χ0n) is 14.6. The zero-order valence-corrected chi connectivity index (χ0v) is 14.6. The van der Waals surface area contributed by atoms with Gasteiger partial charge in [0.2, 0.25) is 0 Å². The second-order valence-corrected chi connectivity index (χ2v) is 6.42. The average Bonchev–Trinajstić information content (AvgIpc) is 3.37. The van der Waals surface area contributed by atoms with E-state index in [1.165, 1.54) is 10.8 Å². The lowest BCUT2D eigenvalue weighted by molar-refractivity contribution is 0.0967. The third-order valence-electron chi connectivity index (χ3n) is 4.70. The number of nitriles is 1. The Bertz CT molecular complexity index is 1010. The fourth-order valence-corrected chi connectivity index (χ4v) is 3.28. The number of carbonyl (C=O) groups is 1. The van der Waals surface area contributed by atoms with E-state index >= 15 is 0 Å². The molecule has 1 fully saturated rings. The molecule has 2 aromatic rings. The highest BCUT2D eigenvalue weighted by Gasteiger charge is 2.28. The summed E-state index contributed by atoms with van der Waals surface area (Å²) in [7, 11) is 0. The third kappa shape index (κ3) is 2.84. The second-order valence-electron chi connectivity index (χ2n) is 6.42. The standard InChI is InChI=1S/C18H20N4O3/c1-4-20-9-13(8-19)17(24)21(18(20)25)10-16(23)15-7-11(2)22(12(15)3)14-5-6-14/h7,9,14H,4-6,10H2,1-3H3. The lowest BCUT2D eigenvalue weighted by Gasteiger charge is -2.10. The van der Waals surface area contributed by atoms with Gasteiger partial charge in [0.1, 0.15) is 11.6 Å². The van der Waals surface area contributed by atoms with Gasteiger partial charge in [-0.1, -0.05) is 0 Å². The molecule has 3 rings (SSSR count). The van der Waals surface area contributed by atoms with E-state index in [4.69, 9.17) is 5.26 Å². The quantitative estimate of drug-likeness (QED) is 0.772. The van der Waals surface area contributed by atoms with Gasteiger partial charge in [-0.2, -0.15) is 5.26 Å². The molecule has 7 heteroatoms. The summed E-state index contributed by atoms with van der Waals surface area (Å²) in [5.74, 6) is -0.294. The largest absolute Gasteiger partial charge is 0.345 e. The predicted molar refractivity (Wildman–Crippen MR) is 91.9 cm³/mol. The molecule has 1 aliphatic rings. The fourth-order valence-electron chi connectivity index (χ4n) is 3.28. The number of Topliss-reactive ketones (excluding diaryl/α,β-unsaturated/α-hetero) is 1. The number of aromatic nitrogens is 3. The summed E-state index contributed by atoms with van der Waals surface area (Å²) in [5, 5.41) is 9.09. The molecule has 7 nitrogen and oxygen atoms in total. The van der Waals surface area contributed by atoms with E-state index in [-0.39, 0.29) is 17.9 Å². The van der Waals surface area contributed by atoms with Crippen molar-refractivity contribution >= 4 is 5.78 Å². The van der Waals surface area contributed by atoms with Gasteiger partial charge in [-0.3, -0.25) is 18.7 Å². The monoisotopic (exact) mass is 340 g/mol. The summed E-state index contributed by atoms with van der Waals surface area (Å²) in [5.41, 5.74) is 0.967. The summed E-state index contributed by atoms with van der Waals surface area (Å²) in [6.07, 6.45) is 3.45. The molecule has 0 amide bonds. The Hall–Kier alpha value is -2.88. The molecule has 0 bridgehead atoms. The van der Waals surface area contributed by atoms with Crippen LogP contribution in [0.2, 0.25) is 0 Å². The van der Waals surface area contributed by atoms with Gasteiger partial charge in [0.05, 0.1) is 6.54 Å². The minimum absolute atomic E-state index is 0.141. The van der Waals surface area contributed by atoms with Crippen LogP contribution in [0.3, 0.4) is 0 Å². The van der Waals surface area contributed by atoms with Crippen LogP contribution in [-0.4, -0.2) is 19.5 Å². The highest BCUT2D eigenvalue weighted by Crippen LogP contribution is 2.38. The highest BCUT2D eigenvalue weighted by atomic mass is 16.2. The Morgan fingerprint density at radius 1 is 1.32 bits per heavy atom. The molecule has 1 saturated carbocycles. The smallest absolute Gasteiger partial charge is 0.331 e. The molecule has 0 N–H and O–H groups in total. The maximum atomic E-state index is 12.7. The summed E-state index contributed by atoms with van der Waals surface area (Å²) >= 11 is 0. The van der Waals surface area contributed by atoms with Crippen LogP contribution in [-0.2, 0) is 13.1 Å². The Kier molecular flexibility index (Phi) is 4.21. The van der Waals surface area contributed by atoms with Crippen molar-refractivity contribution in [2.45, 2.75) is 52.7 Å². The third-order valence-corrected chi connectivity index (χ3v) is 4.70. The van der Waals surface area contributed by atoms with Crippen molar-refractivity contribution in [2.24, 2.45) is 0 Å². The molecule has 2 aromatic heterocycles. The molecule has 1 aliphatic carbocycles. The van der Waals surface area contributed by atoms with Crippen LogP contribution in [0, 0.1) is 25.2 Å². The zero-order chi connectivity index (χ0) is 18.3. The first-order chi connectivity index (χ1) is 11.9.